The molecule has 2 aliphatic heterocycles. The average Bonchev–Trinajstić information content (AvgIpc) is 3.48. The molecule has 1 aromatic carbocycles. The van der Waals surface area contributed by atoms with Crippen LogP contribution < -0.4 is 25.2 Å². The maximum atomic E-state index is 13.4. The highest BCUT2D eigenvalue weighted by atomic mass is 16.5. The number of amides is 2. The smallest absolute Gasteiger partial charge is 0.251 e. The Morgan fingerprint density at radius 1 is 1.13 bits per heavy atom. The number of carbonyl (C=O) groups is 2. The Bertz CT molecular complexity index is 1190. The van der Waals surface area contributed by atoms with E-state index in [2.05, 4.69) is 39.4 Å². The summed E-state index contributed by atoms with van der Waals surface area (Å²) in [6.45, 7) is 6.60. The van der Waals surface area contributed by atoms with E-state index in [1.54, 1.807) is 30.3 Å². The lowest BCUT2D eigenvalue weighted by Crippen LogP contribution is -2.56. The van der Waals surface area contributed by atoms with Crippen molar-refractivity contribution in [2.45, 2.75) is 76.9 Å². The SMILES string of the molecule is CCC1C(=O)N(CC)c2cnc(Nc3ccc(C(=O)NC4CCN(C)CC4)cc3OC)nc2N1C1CCCC1. The second-order valence-electron chi connectivity index (χ2n) is 10.8. The molecule has 1 atom stereocenters. The van der Waals surface area contributed by atoms with Crippen LogP contribution in [0.5, 0.6) is 5.75 Å². The molecule has 1 unspecified atom stereocenters. The second-order valence-corrected chi connectivity index (χ2v) is 10.8. The summed E-state index contributed by atoms with van der Waals surface area (Å²) < 4.78 is 5.64. The quantitative estimate of drug-likeness (QED) is 0.524. The third-order valence-corrected chi connectivity index (χ3v) is 8.36. The summed E-state index contributed by atoms with van der Waals surface area (Å²) in [6.07, 6.45) is 8.85. The fourth-order valence-electron chi connectivity index (χ4n) is 6.16. The molecule has 0 spiro atoms. The Kier molecular flexibility index (Phi) is 8.20. The summed E-state index contributed by atoms with van der Waals surface area (Å²) >= 11 is 0. The van der Waals surface area contributed by atoms with Gasteiger partial charge >= 0.3 is 0 Å². The predicted octanol–water partition coefficient (Wildman–Crippen LogP) is 3.95. The van der Waals surface area contributed by atoms with Crippen molar-refractivity contribution in [2.24, 2.45) is 0 Å². The average molecular weight is 536 g/mol. The number of nitrogens with zero attached hydrogens (tertiary/aromatic N) is 5. The molecule has 2 aromatic rings. The number of rotatable bonds is 8. The molecule has 39 heavy (non-hydrogen) atoms. The first-order valence-electron chi connectivity index (χ1n) is 14.3. The second kappa shape index (κ2) is 11.8. The lowest BCUT2D eigenvalue weighted by molar-refractivity contribution is -0.120. The van der Waals surface area contributed by atoms with Crippen LogP contribution in [0.15, 0.2) is 24.4 Å². The Morgan fingerprint density at radius 3 is 2.54 bits per heavy atom. The molecule has 0 bridgehead atoms. The van der Waals surface area contributed by atoms with E-state index in [4.69, 9.17) is 9.72 Å². The van der Waals surface area contributed by atoms with E-state index in [0.717, 1.165) is 56.7 Å². The zero-order valence-corrected chi connectivity index (χ0v) is 23.6. The van der Waals surface area contributed by atoms with Gasteiger partial charge in [0.05, 0.1) is 19.0 Å². The molecule has 1 aliphatic carbocycles. The standard InChI is InChI=1S/C29H41N7O3/c1-5-23-28(38)35(6-2)24-18-30-29(33-26(24)36(23)21-9-7-8-10-21)32-22-12-11-19(17-25(22)39-4)27(37)31-20-13-15-34(3)16-14-20/h11-12,17-18,20-21,23H,5-10,13-16H2,1-4H3,(H,31,37)(H,30,32,33). The summed E-state index contributed by atoms with van der Waals surface area (Å²) in [4.78, 5) is 42.2. The fraction of sp³-hybridized carbons (Fsp3) is 0.586. The number of hydrogen-bond acceptors (Lipinski definition) is 8. The van der Waals surface area contributed by atoms with Crippen molar-refractivity contribution in [3.63, 3.8) is 0 Å². The minimum atomic E-state index is -0.222. The van der Waals surface area contributed by atoms with Crippen LogP contribution in [0.4, 0.5) is 23.1 Å². The maximum Gasteiger partial charge on any atom is 0.251 e. The van der Waals surface area contributed by atoms with Gasteiger partial charge in [0.2, 0.25) is 11.9 Å². The number of likely N-dealkylation sites (N-methyl/N-ethyl adjacent to an activating group) is 1. The monoisotopic (exact) mass is 535 g/mol. The largest absolute Gasteiger partial charge is 0.495 e. The number of methoxy groups -OCH3 is 1. The van der Waals surface area contributed by atoms with Gasteiger partial charge in [-0.25, -0.2) is 4.98 Å². The van der Waals surface area contributed by atoms with Gasteiger partial charge in [-0.3, -0.25) is 9.59 Å². The van der Waals surface area contributed by atoms with E-state index in [-0.39, 0.29) is 23.9 Å². The van der Waals surface area contributed by atoms with E-state index < -0.39 is 0 Å². The first-order valence-corrected chi connectivity index (χ1v) is 14.3. The number of hydrogen-bond donors (Lipinski definition) is 2. The van der Waals surface area contributed by atoms with Crippen LogP contribution in [-0.2, 0) is 4.79 Å². The number of ether oxygens (including phenoxy) is 1. The summed E-state index contributed by atoms with van der Waals surface area (Å²) in [5, 5.41) is 6.46. The fourth-order valence-corrected chi connectivity index (χ4v) is 6.16. The normalized spacial score (nSPS) is 20.7. The molecule has 2 N–H and O–H groups in total. The molecule has 210 valence electrons. The number of carbonyl (C=O) groups excluding carboxylic acids is 2. The molecule has 2 amide bonds. The van der Waals surface area contributed by atoms with Crippen molar-refractivity contribution in [1.82, 2.24) is 20.2 Å². The van der Waals surface area contributed by atoms with Gasteiger partial charge in [-0.1, -0.05) is 19.8 Å². The van der Waals surface area contributed by atoms with E-state index in [0.29, 0.717) is 35.5 Å². The van der Waals surface area contributed by atoms with Crippen LogP contribution in [0.2, 0.25) is 0 Å². The van der Waals surface area contributed by atoms with E-state index in [9.17, 15) is 9.59 Å². The predicted molar refractivity (Wildman–Crippen MR) is 153 cm³/mol. The Labute approximate surface area is 231 Å². The van der Waals surface area contributed by atoms with Crippen molar-refractivity contribution < 1.29 is 14.3 Å². The molecule has 1 saturated carbocycles. The van der Waals surface area contributed by atoms with E-state index >= 15 is 0 Å². The summed E-state index contributed by atoms with van der Waals surface area (Å²) in [7, 11) is 3.69. The molecular formula is C29H41N7O3. The molecule has 5 rings (SSSR count). The molecule has 10 heteroatoms. The highest BCUT2D eigenvalue weighted by molar-refractivity contribution is 6.05. The minimum absolute atomic E-state index is 0.0958. The molecule has 2 fully saturated rings. The van der Waals surface area contributed by atoms with Crippen LogP contribution in [0.3, 0.4) is 0 Å². The summed E-state index contributed by atoms with van der Waals surface area (Å²) in [6, 6.07) is 5.64. The number of fused-ring (bicyclic) bond motifs is 1. The Balaban J connectivity index is 1.39. The number of anilines is 4. The molecule has 3 heterocycles. The molecule has 3 aliphatic rings. The highest BCUT2D eigenvalue weighted by Crippen LogP contribution is 2.41. The first kappa shape index (κ1) is 27.2. The van der Waals surface area contributed by atoms with E-state index in [1.807, 2.05) is 13.0 Å². The van der Waals surface area contributed by atoms with Crippen molar-refractivity contribution in [1.29, 1.82) is 0 Å². The molecule has 1 saturated heterocycles. The van der Waals surface area contributed by atoms with Crippen molar-refractivity contribution >= 4 is 35.0 Å². The van der Waals surface area contributed by atoms with Gasteiger partial charge in [0.25, 0.3) is 5.91 Å². The van der Waals surface area contributed by atoms with Gasteiger partial charge in [0.15, 0.2) is 5.82 Å². The lowest BCUT2D eigenvalue weighted by Gasteiger charge is -2.44. The lowest BCUT2D eigenvalue weighted by atomic mass is 10.0. The summed E-state index contributed by atoms with van der Waals surface area (Å²) in [5.74, 6) is 1.80. The number of piperidine rings is 1. The zero-order chi connectivity index (χ0) is 27.5. The number of benzene rings is 1. The van der Waals surface area contributed by atoms with Crippen molar-refractivity contribution in [3.8, 4) is 5.75 Å². The first-order chi connectivity index (χ1) is 18.9. The van der Waals surface area contributed by atoms with Crippen LogP contribution in [0, 0.1) is 0 Å². The molecule has 0 radical (unpaired) electrons. The van der Waals surface area contributed by atoms with Gasteiger partial charge in [-0.15, -0.1) is 0 Å². The topological polar surface area (TPSA) is 103 Å². The van der Waals surface area contributed by atoms with Crippen LogP contribution in [0.25, 0.3) is 0 Å². The van der Waals surface area contributed by atoms with Gasteiger partial charge in [-0.2, -0.15) is 4.98 Å². The molecule has 1 aromatic heterocycles. The number of nitrogens with one attached hydrogen (secondary N) is 2. The number of likely N-dealkylation sites (tertiary alicyclic amines) is 1. The van der Waals surface area contributed by atoms with E-state index in [1.165, 1.54) is 12.8 Å². The Hall–Kier alpha value is -3.40. The zero-order valence-electron chi connectivity index (χ0n) is 23.6. The highest BCUT2D eigenvalue weighted by Gasteiger charge is 2.42. The minimum Gasteiger partial charge on any atom is -0.495 e. The Morgan fingerprint density at radius 2 is 1.87 bits per heavy atom. The summed E-state index contributed by atoms with van der Waals surface area (Å²) in [5.41, 5.74) is 1.99. The van der Waals surface area contributed by atoms with Crippen LogP contribution in [0.1, 0.15) is 69.2 Å². The van der Waals surface area contributed by atoms with Crippen molar-refractivity contribution in [2.75, 3.05) is 48.9 Å². The molecule has 10 nitrogen and oxygen atoms in total. The number of aromatic nitrogens is 2. The van der Waals surface area contributed by atoms with Gasteiger partial charge < -0.3 is 30.1 Å². The van der Waals surface area contributed by atoms with Gasteiger partial charge in [0.1, 0.15) is 17.5 Å². The maximum absolute atomic E-state index is 13.4. The van der Waals surface area contributed by atoms with Gasteiger partial charge in [0, 0.05) is 24.2 Å². The van der Waals surface area contributed by atoms with Crippen LogP contribution >= 0.6 is 0 Å². The van der Waals surface area contributed by atoms with Crippen LogP contribution in [-0.4, -0.2) is 78.6 Å². The van der Waals surface area contributed by atoms with Gasteiger partial charge in [-0.05, 0) is 77.4 Å². The van der Waals surface area contributed by atoms with Crippen molar-refractivity contribution in [3.05, 3.63) is 30.0 Å². The third kappa shape index (κ3) is 5.52. The molecular weight excluding hydrogens is 494 g/mol. The third-order valence-electron chi connectivity index (χ3n) is 8.36.